The van der Waals surface area contributed by atoms with Gasteiger partial charge in [0.2, 0.25) is 5.91 Å². The first kappa shape index (κ1) is 13.5. The molecule has 1 aliphatic heterocycles. The van der Waals surface area contributed by atoms with Gasteiger partial charge in [0, 0.05) is 10.5 Å². The van der Waals surface area contributed by atoms with Crippen LogP contribution in [0.4, 0.5) is 0 Å². The fraction of sp³-hybridized carbons (Fsp3) is 0.462. The Bertz CT molecular complexity index is 439. The Morgan fingerprint density at radius 1 is 1.50 bits per heavy atom. The van der Waals surface area contributed by atoms with Gasteiger partial charge in [0.25, 0.3) is 0 Å². The molecule has 1 aromatic carbocycles. The van der Waals surface area contributed by atoms with Crippen molar-refractivity contribution < 1.29 is 9.53 Å². The second-order valence-electron chi connectivity index (χ2n) is 4.56. The zero-order valence-corrected chi connectivity index (χ0v) is 11.8. The monoisotopic (exact) mass is 312 g/mol. The summed E-state index contributed by atoms with van der Waals surface area (Å²) in [7, 11) is 0. The third-order valence-electron chi connectivity index (χ3n) is 3.19. The average molecular weight is 313 g/mol. The molecule has 2 rings (SSSR count). The molecule has 4 nitrogen and oxygen atoms in total. The lowest BCUT2D eigenvalue weighted by atomic mass is 10.0. The van der Waals surface area contributed by atoms with Crippen molar-refractivity contribution in [2.24, 2.45) is 11.7 Å². The summed E-state index contributed by atoms with van der Waals surface area (Å²) >= 11 is 3.48. The molecule has 18 heavy (non-hydrogen) atoms. The normalized spacial score (nSPS) is 24.8. The Morgan fingerprint density at radius 3 is 2.83 bits per heavy atom. The first-order chi connectivity index (χ1) is 8.59. The minimum atomic E-state index is -0.241. The maximum atomic E-state index is 12.1. The highest BCUT2D eigenvalue weighted by Gasteiger charge is 2.32. The number of hydrogen-bond donors (Lipinski definition) is 2. The molecule has 3 atom stereocenters. The number of ether oxygens (including phenoxy) is 1. The highest BCUT2D eigenvalue weighted by atomic mass is 79.9. The Hall–Kier alpha value is -0.910. The van der Waals surface area contributed by atoms with Gasteiger partial charge in [-0.15, -0.1) is 0 Å². The smallest absolute Gasteiger partial charge is 0.227 e. The number of benzene rings is 1. The van der Waals surface area contributed by atoms with Crippen LogP contribution in [0.15, 0.2) is 28.7 Å². The third kappa shape index (κ3) is 2.91. The maximum Gasteiger partial charge on any atom is 0.227 e. The summed E-state index contributed by atoms with van der Waals surface area (Å²) < 4.78 is 6.20. The predicted molar refractivity (Wildman–Crippen MR) is 73.0 cm³/mol. The van der Waals surface area contributed by atoms with Crippen molar-refractivity contribution in [1.29, 1.82) is 0 Å². The summed E-state index contributed by atoms with van der Waals surface area (Å²) in [4.78, 5) is 12.1. The number of rotatable bonds is 3. The fourth-order valence-electron chi connectivity index (χ4n) is 2.07. The molecule has 3 N–H and O–H groups in total. The van der Waals surface area contributed by atoms with Gasteiger partial charge in [-0.3, -0.25) is 4.79 Å². The van der Waals surface area contributed by atoms with E-state index in [-0.39, 0.29) is 23.9 Å². The van der Waals surface area contributed by atoms with Gasteiger partial charge in [0.05, 0.1) is 25.2 Å². The van der Waals surface area contributed by atoms with Gasteiger partial charge in [-0.2, -0.15) is 0 Å². The van der Waals surface area contributed by atoms with Crippen LogP contribution in [0, 0.1) is 5.92 Å². The molecular formula is C13H17BrN2O2. The van der Waals surface area contributed by atoms with Crippen molar-refractivity contribution in [3.8, 4) is 0 Å². The zero-order chi connectivity index (χ0) is 13.1. The van der Waals surface area contributed by atoms with Crippen molar-refractivity contribution in [3.05, 3.63) is 34.3 Å². The second kappa shape index (κ2) is 5.82. The lowest BCUT2D eigenvalue weighted by Crippen LogP contribution is -2.41. The van der Waals surface area contributed by atoms with Crippen molar-refractivity contribution in [1.82, 2.24) is 5.32 Å². The van der Waals surface area contributed by atoms with Gasteiger partial charge in [-0.05, 0) is 18.6 Å². The zero-order valence-electron chi connectivity index (χ0n) is 10.2. The number of amides is 1. The second-order valence-corrected chi connectivity index (χ2v) is 5.41. The van der Waals surface area contributed by atoms with Crippen LogP contribution >= 0.6 is 15.9 Å². The molecular weight excluding hydrogens is 296 g/mol. The molecule has 0 aromatic heterocycles. The van der Waals surface area contributed by atoms with E-state index in [9.17, 15) is 4.79 Å². The van der Waals surface area contributed by atoms with Gasteiger partial charge in [-0.25, -0.2) is 0 Å². The minimum absolute atomic E-state index is 0.0387. The average Bonchev–Trinajstić information content (AvgIpc) is 2.76. The Kier molecular flexibility index (Phi) is 4.37. The molecule has 0 saturated carbocycles. The molecule has 1 saturated heterocycles. The van der Waals surface area contributed by atoms with E-state index in [0.29, 0.717) is 13.2 Å². The number of carbonyl (C=O) groups is 1. The molecule has 1 amide bonds. The molecule has 1 aromatic rings. The van der Waals surface area contributed by atoms with Gasteiger partial charge in [0.15, 0.2) is 0 Å². The van der Waals surface area contributed by atoms with E-state index in [1.807, 2.05) is 31.2 Å². The number of halogens is 1. The maximum absolute atomic E-state index is 12.1. The van der Waals surface area contributed by atoms with Crippen LogP contribution in [-0.4, -0.2) is 25.2 Å². The van der Waals surface area contributed by atoms with Crippen molar-refractivity contribution >= 4 is 21.8 Å². The topological polar surface area (TPSA) is 64.3 Å². The highest BCUT2D eigenvalue weighted by molar-refractivity contribution is 9.10. The quantitative estimate of drug-likeness (QED) is 0.891. The van der Waals surface area contributed by atoms with Crippen LogP contribution < -0.4 is 11.1 Å². The van der Waals surface area contributed by atoms with Crippen LogP contribution in [0.2, 0.25) is 0 Å². The van der Waals surface area contributed by atoms with Crippen LogP contribution in [0.25, 0.3) is 0 Å². The number of nitrogens with two attached hydrogens (primary N) is 1. The van der Waals surface area contributed by atoms with E-state index in [1.165, 1.54) is 0 Å². The van der Waals surface area contributed by atoms with Crippen molar-refractivity contribution in [3.63, 3.8) is 0 Å². The molecule has 5 heteroatoms. The van der Waals surface area contributed by atoms with Crippen LogP contribution in [0.5, 0.6) is 0 Å². The molecule has 0 radical (unpaired) electrons. The number of nitrogens with one attached hydrogen (secondary N) is 1. The number of hydrogen-bond acceptors (Lipinski definition) is 3. The van der Waals surface area contributed by atoms with Crippen molar-refractivity contribution in [2.45, 2.75) is 19.0 Å². The number of carbonyl (C=O) groups excluding carboxylic acids is 1. The molecule has 3 unspecified atom stereocenters. The van der Waals surface area contributed by atoms with Gasteiger partial charge >= 0.3 is 0 Å². The first-order valence-corrected chi connectivity index (χ1v) is 6.77. The minimum Gasteiger partial charge on any atom is -0.379 e. The fourth-order valence-corrected chi connectivity index (χ4v) is 2.69. The van der Waals surface area contributed by atoms with Crippen LogP contribution in [0.1, 0.15) is 18.5 Å². The molecule has 0 aliphatic carbocycles. The Balaban J connectivity index is 2.01. The molecule has 0 bridgehead atoms. The van der Waals surface area contributed by atoms with Gasteiger partial charge in [-0.1, -0.05) is 34.1 Å². The molecule has 98 valence electrons. The molecule has 1 fully saturated rings. The van der Waals surface area contributed by atoms with E-state index in [4.69, 9.17) is 10.5 Å². The summed E-state index contributed by atoms with van der Waals surface area (Å²) in [5.74, 6) is -0.279. The van der Waals surface area contributed by atoms with Crippen LogP contribution in [-0.2, 0) is 9.53 Å². The van der Waals surface area contributed by atoms with E-state index in [2.05, 4.69) is 21.2 Å². The van der Waals surface area contributed by atoms with E-state index >= 15 is 0 Å². The lowest BCUT2D eigenvalue weighted by molar-refractivity contribution is -0.125. The Morgan fingerprint density at radius 2 is 2.22 bits per heavy atom. The van der Waals surface area contributed by atoms with E-state index in [0.717, 1.165) is 10.0 Å². The summed E-state index contributed by atoms with van der Waals surface area (Å²) in [5, 5.41) is 2.98. The highest BCUT2D eigenvalue weighted by Crippen LogP contribution is 2.23. The van der Waals surface area contributed by atoms with E-state index < -0.39 is 0 Å². The Labute approximate surface area is 115 Å². The lowest BCUT2D eigenvalue weighted by Gasteiger charge is -2.19. The third-order valence-corrected chi connectivity index (χ3v) is 3.91. The van der Waals surface area contributed by atoms with Gasteiger partial charge < -0.3 is 15.8 Å². The predicted octanol–water partition coefficient (Wildman–Crippen LogP) is 1.60. The van der Waals surface area contributed by atoms with Crippen molar-refractivity contribution in [2.75, 3.05) is 13.2 Å². The summed E-state index contributed by atoms with van der Waals surface area (Å²) in [6.45, 7) is 2.83. The summed E-state index contributed by atoms with van der Waals surface area (Å²) in [5.41, 5.74) is 6.88. The SMILES string of the molecule is CC(NC(=O)C1COCC1N)c1ccccc1Br. The molecule has 1 aliphatic rings. The first-order valence-electron chi connectivity index (χ1n) is 5.97. The van der Waals surface area contributed by atoms with Gasteiger partial charge in [0.1, 0.15) is 0 Å². The van der Waals surface area contributed by atoms with E-state index in [1.54, 1.807) is 0 Å². The van der Waals surface area contributed by atoms with Crippen LogP contribution in [0.3, 0.4) is 0 Å². The molecule has 0 spiro atoms. The standard InChI is InChI=1S/C13H17BrN2O2/c1-8(9-4-2-3-5-11(9)14)16-13(17)10-6-18-7-12(10)15/h2-5,8,10,12H,6-7,15H2,1H3,(H,16,17). The largest absolute Gasteiger partial charge is 0.379 e. The summed E-state index contributed by atoms with van der Waals surface area (Å²) in [6, 6.07) is 7.59. The molecule has 1 heterocycles. The summed E-state index contributed by atoms with van der Waals surface area (Å²) in [6.07, 6.45) is 0.